The van der Waals surface area contributed by atoms with E-state index < -0.39 is 0 Å². The van der Waals surface area contributed by atoms with E-state index >= 15 is 0 Å². The van der Waals surface area contributed by atoms with Gasteiger partial charge < -0.3 is 19.4 Å². The number of rotatable bonds is 4. The molecule has 7 heteroatoms. The third-order valence-corrected chi connectivity index (χ3v) is 6.54. The topological polar surface area (TPSA) is 71.6 Å². The van der Waals surface area contributed by atoms with Crippen molar-refractivity contribution in [3.63, 3.8) is 0 Å². The molecule has 2 aliphatic rings. The molecule has 1 aliphatic heterocycles. The minimum absolute atomic E-state index is 0.00794. The van der Waals surface area contributed by atoms with E-state index in [2.05, 4.69) is 4.98 Å². The second-order valence-corrected chi connectivity index (χ2v) is 8.50. The molecular weight excluding hydrogens is 388 g/mol. The van der Waals surface area contributed by atoms with Crippen LogP contribution in [-0.4, -0.2) is 35.0 Å². The lowest BCUT2D eigenvalue weighted by molar-refractivity contribution is 0.0669. The quantitative estimate of drug-likeness (QED) is 0.707. The van der Waals surface area contributed by atoms with Crippen LogP contribution in [-0.2, 0) is 6.54 Å². The fourth-order valence-corrected chi connectivity index (χ4v) is 4.89. The highest BCUT2D eigenvalue weighted by Crippen LogP contribution is 2.34. The summed E-state index contributed by atoms with van der Waals surface area (Å²) in [7, 11) is 0. The summed E-state index contributed by atoms with van der Waals surface area (Å²) >= 11 is 1.44. The van der Waals surface area contributed by atoms with E-state index in [1.165, 1.54) is 11.3 Å². The molecule has 1 amide bonds. The molecule has 3 aromatic rings. The number of nitrogens with one attached hydrogen (secondary N) is 1. The maximum absolute atomic E-state index is 13.2. The number of aromatic nitrogens is 1. The van der Waals surface area contributed by atoms with Crippen LogP contribution in [0.1, 0.15) is 40.9 Å². The molecule has 0 atom stereocenters. The molecule has 0 saturated heterocycles. The first kappa shape index (κ1) is 18.2. The van der Waals surface area contributed by atoms with E-state index in [0.29, 0.717) is 47.2 Å². The van der Waals surface area contributed by atoms with Gasteiger partial charge in [-0.2, -0.15) is 0 Å². The second-order valence-electron chi connectivity index (χ2n) is 7.56. The van der Waals surface area contributed by atoms with Crippen molar-refractivity contribution in [3.05, 3.63) is 56.5 Å². The minimum Gasteiger partial charge on any atom is -0.486 e. The van der Waals surface area contributed by atoms with Gasteiger partial charge in [0.15, 0.2) is 11.5 Å². The van der Waals surface area contributed by atoms with Crippen LogP contribution in [0.3, 0.4) is 0 Å². The zero-order valence-electron chi connectivity index (χ0n) is 16.0. The summed E-state index contributed by atoms with van der Waals surface area (Å²) in [5.41, 5.74) is 1.13. The standard InChI is InChI=1S/C22H22N2O4S/c25-21-15(10-14-11-18-19(12-17(14)23-21)28-8-7-27-18)13-24(16-4-1-2-5-16)22(26)20-6-3-9-29-20/h3,6,9-12,16H,1-2,4-5,7-8,13H2,(H,23,25). The van der Waals surface area contributed by atoms with E-state index in [1.807, 2.05) is 34.5 Å². The number of aromatic amines is 1. The number of nitrogens with zero attached hydrogens (tertiary/aromatic N) is 1. The molecule has 1 aromatic carbocycles. The van der Waals surface area contributed by atoms with Crippen LogP contribution >= 0.6 is 11.3 Å². The molecule has 150 valence electrons. The van der Waals surface area contributed by atoms with E-state index in [9.17, 15) is 9.59 Å². The SMILES string of the molecule is O=C(c1cccs1)N(Cc1cc2cc3c(cc2[nH]c1=O)OCCO3)C1CCCC1. The molecule has 2 aromatic heterocycles. The van der Waals surface area contributed by atoms with Gasteiger partial charge in [-0.1, -0.05) is 18.9 Å². The van der Waals surface area contributed by atoms with Gasteiger partial charge in [0.1, 0.15) is 13.2 Å². The largest absolute Gasteiger partial charge is 0.486 e. The van der Waals surface area contributed by atoms with Gasteiger partial charge in [0.05, 0.1) is 16.9 Å². The number of hydrogen-bond donors (Lipinski definition) is 1. The Morgan fingerprint density at radius 1 is 1.14 bits per heavy atom. The smallest absolute Gasteiger partial charge is 0.264 e. The number of hydrogen-bond acceptors (Lipinski definition) is 5. The first-order valence-corrected chi connectivity index (χ1v) is 10.9. The highest BCUT2D eigenvalue weighted by molar-refractivity contribution is 7.12. The monoisotopic (exact) mass is 410 g/mol. The number of ether oxygens (including phenoxy) is 2. The zero-order chi connectivity index (χ0) is 19.8. The van der Waals surface area contributed by atoms with Crippen LogP contribution in [0.2, 0.25) is 0 Å². The number of benzene rings is 1. The van der Waals surface area contributed by atoms with Crippen LogP contribution in [0.4, 0.5) is 0 Å². The molecule has 0 unspecified atom stereocenters. The maximum Gasteiger partial charge on any atom is 0.264 e. The summed E-state index contributed by atoms with van der Waals surface area (Å²) in [5, 5.41) is 2.78. The molecule has 0 bridgehead atoms. The van der Waals surface area contributed by atoms with Crippen LogP contribution in [0.5, 0.6) is 11.5 Å². The van der Waals surface area contributed by atoms with Crippen molar-refractivity contribution in [1.82, 2.24) is 9.88 Å². The lowest BCUT2D eigenvalue weighted by Crippen LogP contribution is -2.39. The molecule has 5 rings (SSSR count). The Morgan fingerprint density at radius 2 is 1.90 bits per heavy atom. The normalized spacial score (nSPS) is 16.3. The lowest BCUT2D eigenvalue weighted by atomic mass is 10.1. The Kier molecular flexibility index (Phi) is 4.75. The molecule has 1 N–H and O–H groups in total. The van der Waals surface area contributed by atoms with Crippen molar-refractivity contribution >= 4 is 28.1 Å². The number of thiophene rings is 1. The van der Waals surface area contributed by atoms with Crippen LogP contribution in [0, 0.1) is 0 Å². The summed E-state index contributed by atoms with van der Waals surface area (Å²) in [6, 6.07) is 9.49. The molecule has 29 heavy (non-hydrogen) atoms. The van der Waals surface area contributed by atoms with Crippen LogP contribution in [0.15, 0.2) is 40.5 Å². The first-order chi connectivity index (χ1) is 14.2. The van der Waals surface area contributed by atoms with E-state index in [0.717, 1.165) is 31.1 Å². The van der Waals surface area contributed by atoms with Gasteiger partial charge in [-0.05, 0) is 36.4 Å². The lowest BCUT2D eigenvalue weighted by Gasteiger charge is -2.28. The Labute approximate surface area is 172 Å². The average molecular weight is 410 g/mol. The summed E-state index contributed by atoms with van der Waals surface area (Å²) in [5.74, 6) is 1.34. The number of fused-ring (bicyclic) bond motifs is 2. The van der Waals surface area contributed by atoms with Crippen LogP contribution in [0.25, 0.3) is 10.9 Å². The van der Waals surface area contributed by atoms with Crippen LogP contribution < -0.4 is 15.0 Å². The number of carbonyl (C=O) groups is 1. The first-order valence-electron chi connectivity index (χ1n) is 9.99. The van der Waals surface area contributed by atoms with Crippen molar-refractivity contribution in [3.8, 4) is 11.5 Å². The van der Waals surface area contributed by atoms with Gasteiger partial charge in [0, 0.05) is 23.1 Å². The Morgan fingerprint density at radius 3 is 2.62 bits per heavy atom. The number of amides is 1. The van der Waals surface area contributed by atoms with Crippen molar-refractivity contribution in [2.24, 2.45) is 0 Å². The van der Waals surface area contributed by atoms with Gasteiger partial charge in [0.25, 0.3) is 11.5 Å². The molecule has 6 nitrogen and oxygen atoms in total. The molecule has 1 saturated carbocycles. The number of H-pyrrole nitrogens is 1. The summed E-state index contributed by atoms with van der Waals surface area (Å²) in [6.45, 7) is 1.32. The fourth-order valence-electron chi connectivity index (χ4n) is 4.21. The molecule has 1 fully saturated rings. The molecule has 1 aliphatic carbocycles. The highest BCUT2D eigenvalue weighted by Gasteiger charge is 2.29. The molecular formula is C22H22N2O4S. The van der Waals surface area contributed by atoms with Crippen molar-refractivity contribution in [2.75, 3.05) is 13.2 Å². The van der Waals surface area contributed by atoms with Crippen molar-refractivity contribution < 1.29 is 14.3 Å². The number of pyridine rings is 1. The number of carbonyl (C=O) groups excluding carboxylic acids is 1. The highest BCUT2D eigenvalue weighted by atomic mass is 32.1. The van der Waals surface area contributed by atoms with Crippen molar-refractivity contribution in [1.29, 1.82) is 0 Å². The van der Waals surface area contributed by atoms with Gasteiger partial charge in [-0.3, -0.25) is 9.59 Å². The summed E-state index contributed by atoms with van der Waals surface area (Å²) < 4.78 is 11.3. The zero-order valence-corrected chi connectivity index (χ0v) is 16.8. The van der Waals surface area contributed by atoms with Gasteiger partial charge in [-0.25, -0.2) is 0 Å². The summed E-state index contributed by atoms with van der Waals surface area (Å²) in [6.07, 6.45) is 4.22. The third-order valence-electron chi connectivity index (χ3n) is 5.68. The predicted molar refractivity (Wildman–Crippen MR) is 112 cm³/mol. The molecule has 3 heterocycles. The van der Waals surface area contributed by atoms with Gasteiger partial charge in [0.2, 0.25) is 0 Å². The predicted octanol–water partition coefficient (Wildman–Crippen LogP) is 3.95. The minimum atomic E-state index is -0.170. The fraction of sp³-hybridized carbons (Fsp3) is 0.364. The Hall–Kier alpha value is -2.80. The average Bonchev–Trinajstić information content (AvgIpc) is 3.44. The Balaban J connectivity index is 1.51. The van der Waals surface area contributed by atoms with E-state index in [1.54, 1.807) is 6.07 Å². The van der Waals surface area contributed by atoms with Crippen molar-refractivity contribution in [2.45, 2.75) is 38.3 Å². The molecule has 0 spiro atoms. The van der Waals surface area contributed by atoms with Gasteiger partial charge >= 0.3 is 0 Å². The summed E-state index contributed by atoms with van der Waals surface area (Å²) in [4.78, 5) is 31.5. The second kappa shape index (κ2) is 7.55. The maximum atomic E-state index is 13.2. The third kappa shape index (κ3) is 3.51. The van der Waals surface area contributed by atoms with Gasteiger partial charge in [-0.15, -0.1) is 11.3 Å². The van der Waals surface area contributed by atoms with E-state index in [-0.39, 0.29) is 17.5 Å². The van der Waals surface area contributed by atoms with E-state index in [4.69, 9.17) is 9.47 Å². The Bertz CT molecular complexity index is 1100. The molecule has 0 radical (unpaired) electrons.